The largest absolute Gasteiger partial charge is 0.534 e. The summed E-state index contributed by atoms with van der Waals surface area (Å²) in [5.74, 6) is 1.22. The molecule has 0 radical (unpaired) electrons. The highest BCUT2D eigenvalue weighted by Crippen LogP contribution is 2.40. The second kappa shape index (κ2) is 7.48. The van der Waals surface area contributed by atoms with Crippen molar-refractivity contribution in [1.29, 1.82) is 0 Å². The normalized spacial score (nSPS) is 12.1. The molecule has 0 unspecified atom stereocenters. The van der Waals surface area contributed by atoms with Crippen LogP contribution in [0.15, 0.2) is 66.7 Å². The van der Waals surface area contributed by atoms with E-state index in [1.807, 2.05) is 26.8 Å². The number of hydrogen-bond acceptors (Lipinski definition) is 2. The summed E-state index contributed by atoms with van der Waals surface area (Å²) in [5.41, 5.74) is 2.72. The van der Waals surface area contributed by atoms with Crippen molar-refractivity contribution < 1.29 is 9.53 Å². The molecule has 0 aliphatic heterocycles. The lowest BCUT2D eigenvalue weighted by Gasteiger charge is -2.43. The maximum atomic E-state index is 10.4. The fourth-order valence-corrected chi connectivity index (χ4v) is 8.42. The highest BCUT2D eigenvalue weighted by molar-refractivity contribution is 7.00. The van der Waals surface area contributed by atoms with Crippen molar-refractivity contribution in [2.45, 2.75) is 46.6 Å². The van der Waals surface area contributed by atoms with E-state index in [0.29, 0.717) is 5.75 Å². The van der Waals surface area contributed by atoms with Crippen molar-refractivity contribution in [3.8, 4) is 11.5 Å². The van der Waals surface area contributed by atoms with Gasteiger partial charge in [-0.25, -0.2) is 0 Å². The Morgan fingerprint density at radius 2 is 1.21 bits per heavy atom. The smallest absolute Gasteiger partial charge is 0.319 e. The molecule has 0 aliphatic carbocycles. The lowest BCUT2D eigenvalue weighted by Crippen LogP contribution is -2.68. The Hall–Kier alpha value is -2.52. The Labute approximate surface area is 170 Å². The van der Waals surface area contributed by atoms with Gasteiger partial charge in [0.1, 0.15) is 11.5 Å². The molecule has 0 amide bonds. The fraction of sp³-hybridized carbons (Fsp3) is 0.280. The molecule has 146 valence electrons. The topological polar surface area (TPSA) is 29.5 Å². The van der Waals surface area contributed by atoms with E-state index in [-0.39, 0.29) is 5.04 Å². The van der Waals surface area contributed by atoms with Gasteiger partial charge in [-0.05, 0) is 58.9 Å². The van der Waals surface area contributed by atoms with Crippen LogP contribution in [0.4, 0.5) is 0 Å². The van der Waals surface area contributed by atoms with Crippen LogP contribution < -0.4 is 14.8 Å². The van der Waals surface area contributed by atoms with Gasteiger partial charge in [-0.2, -0.15) is 0 Å². The number of phenols is 1. The second-order valence-electron chi connectivity index (χ2n) is 8.56. The zero-order valence-corrected chi connectivity index (χ0v) is 18.7. The summed E-state index contributed by atoms with van der Waals surface area (Å²) >= 11 is 0. The molecule has 0 heterocycles. The first-order valence-corrected chi connectivity index (χ1v) is 11.7. The highest BCUT2D eigenvalue weighted by atomic mass is 28.4. The molecule has 28 heavy (non-hydrogen) atoms. The lowest BCUT2D eigenvalue weighted by molar-refractivity contribution is 0.460. The Bertz CT molecular complexity index is 918. The molecule has 0 atom stereocenters. The molecule has 0 spiro atoms. The summed E-state index contributed by atoms with van der Waals surface area (Å²) < 4.78 is 7.11. The second-order valence-corrected chi connectivity index (χ2v) is 12.8. The predicted octanol–water partition coefficient (Wildman–Crippen LogP) is 5.26. The minimum Gasteiger partial charge on any atom is -0.534 e. The van der Waals surface area contributed by atoms with E-state index in [0.717, 1.165) is 22.4 Å². The Kier molecular flexibility index (Phi) is 5.40. The van der Waals surface area contributed by atoms with Crippen LogP contribution in [0, 0.1) is 20.8 Å². The third kappa shape index (κ3) is 3.35. The van der Waals surface area contributed by atoms with Gasteiger partial charge in [0, 0.05) is 0 Å². The SMILES string of the molecule is Cc1cc(O[Si](c2ccccc2)(c2ccccc2)C(C)(C)C)c(C)c(C)c1O. The highest BCUT2D eigenvalue weighted by Gasteiger charge is 2.52. The van der Waals surface area contributed by atoms with Gasteiger partial charge in [-0.3, -0.25) is 0 Å². The van der Waals surface area contributed by atoms with E-state index in [9.17, 15) is 5.11 Å². The van der Waals surface area contributed by atoms with Crippen molar-refractivity contribution in [3.63, 3.8) is 0 Å². The number of aromatic hydroxyl groups is 1. The summed E-state index contributed by atoms with van der Waals surface area (Å²) in [6, 6.07) is 23.2. The van der Waals surface area contributed by atoms with Gasteiger partial charge in [-0.15, -0.1) is 0 Å². The predicted molar refractivity (Wildman–Crippen MR) is 121 cm³/mol. The van der Waals surface area contributed by atoms with Crippen LogP contribution in [0.2, 0.25) is 5.04 Å². The Balaban J connectivity index is 2.32. The molecule has 0 bridgehead atoms. The summed E-state index contributed by atoms with van der Waals surface area (Å²) in [6.07, 6.45) is 0. The summed E-state index contributed by atoms with van der Waals surface area (Å²) in [4.78, 5) is 0. The molecule has 0 fully saturated rings. The first-order valence-electron chi connectivity index (χ1n) is 9.78. The molecule has 3 heteroatoms. The van der Waals surface area contributed by atoms with E-state index in [4.69, 9.17) is 4.43 Å². The van der Waals surface area contributed by atoms with Crippen molar-refractivity contribution in [1.82, 2.24) is 0 Å². The van der Waals surface area contributed by atoms with Crippen LogP contribution >= 0.6 is 0 Å². The van der Waals surface area contributed by atoms with Crippen LogP contribution in [0.1, 0.15) is 37.5 Å². The molecule has 3 aromatic carbocycles. The van der Waals surface area contributed by atoms with E-state index < -0.39 is 8.32 Å². The van der Waals surface area contributed by atoms with Crippen molar-refractivity contribution in [2.24, 2.45) is 0 Å². The van der Waals surface area contributed by atoms with E-state index in [1.165, 1.54) is 10.4 Å². The Morgan fingerprint density at radius 1 is 0.750 bits per heavy atom. The molecule has 3 aromatic rings. The summed E-state index contributed by atoms with van der Waals surface area (Å²) in [5, 5.41) is 12.8. The number of phenolic OH excluding ortho intramolecular Hbond substituents is 1. The first-order chi connectivity index (χ1) is 13.2. The van der Waals surface area contributed by atoms with Gasteiger partial charge in [0.2, 0.25) is 0 Å². The van der Waals surface area contributed by atoms with Gasteiger partial charge in [0.25, 0.3) is 0 Å². The minimum absolute atomic E-state index is 0.0954. The third-order valence-electron chi connectivity index (χ3n) is 5.69. The third-order valence-corrected chi connectivity index (χ3v) is 10.6. The quantitative estimate of drug-likeness (QED) is 0.616. The number of benzene rings is 3. The molecule has 0 aliphatic rings. The maximum absolute atomic E-state index is 10.4. The lowest BCUT2D eigenvalue weighted by atomic mass is 10.0. The first kappa shape index (κ1) is 20.2. The van der Waals surface area contributed by atoms with Gasteiger partial charge >= 0.3 is 8.32 Å². The Morgan fingerprint density at radius 3 is 1.64 bits per heavy atom. The number of rotatable bonds is 4. The molecule has 0 aromatic heterocycles. The molecule has 2 nitrogen and oxygen atoms in total. The molecular weight excluding hydrogens is 360 g/mol. The van der Waals surface area contributed by atoms with Gasteiger partial charge < -0.3 is 9.53 Å². The van der Waals surface area contributed by atoms with Crippen molar-refractivity contribution >= 4 is 18.7 Å². The molecule has 3 rings (SSSR count). The van der Waals surface area contributed by atoms with E-state index in [1.54, 1.807) is 0 Å². The molecule has 0 saturated heterocycles. The van der Waals surface area contributed by atoms with Crippen LogP contribution in [-0.4, -0.2) is 13.4 Å². The van der Waals surface area contributed by atoms with Crippen LogP contribution in [0.5, 0.6) is 11.5 Å². The van der Waals surface area contributed by atoms with Gasteiger partial charge in [0.05, 0.1) is 0 Å². The number of hydrogen-bond donors (Lipinski definition) is 1. The summed E-state index contributed by atoms with van der Waals surface area (Å²) in [6.45, 7) is 12.7. The van der Waals surface area contributed by atoms with Crippen molar-refractivity contribution in [2.75, 3.05) is 0 Å². The van der Waals surface area contributed by atoms with Gasteiger partial charge in [-0.1, -0.05) is 81.4 Å². The van der Waals surface area contributed by atoms with E-state index in [2.05, 4.69) is 81.4 Å². The number of aryl methyl sites for hydroxylation is 1. The average molecular weight is 391 g/mol. The van der Waals surface area contributed by atoms with Crippen LogP contribution in [0.25, 0.3) is 0 Å². The molecule has 0 saturated carbocycles. The van der Waals surface area contributed by atoms with Crippen molar-refractivity contribution in [3.05, 3.63) is 83.4 Å². The standard InChI is InChI=1S/C25H30O2Si/c1-18-17-23(19(2)20(3)24(18)26)27-28(25(4,5)6,21-13-9-7-10-14-21)22-15-11-8-12-16-22/h7-17,26H,1-6H3. The van der Waals surface area contributed by atoms with E-state index >= 15 is 0 Å². The monoisotopic (exact) mass is 390 g/mol. The fourth-order valence-electron chi connectivity index (χ4n) is 3.95. The van der Waals surface area contributed by atoms with Crippen LogP contribution in [0.3, 0.4) is 0 Å². The zero-order valence-electron chi connectivity index (χ0n) is 17.7. The molecular formula is C25H30O2Si. The zero-order chi connectivity index (χ0) is 20.5. The maximum Gasteiger partial charge on any atom is 0.319 e. The average Bonchev–Trinajstić information content (AvgIpc) is 2.68. The molecule has 1 N–H and O–H groups in total. The van der Waals surface area contributed by atoms with Crippen LogP contribution in [-0.2, 0) is 0 Å². The minimum atomic E-state index is -2.67. The summed E-state index contributed by atoms with van der Waals surface area (Å²) in [7, 11) is -2.67. The van der Waals surface area contributed by atoms with Gasteiger partial charge in [0.15, 0.2) is 0 Å².